The van der Waals surface area contributed by atoms with E-state index in [0.717, 1.165) is 17.5 Å². The molecule has 4 rings (SSSR count). The lowest BCUT2D eigenvalue weighted by molar-refractivity contribution is 0.601. The van der Waals surface area contributed by atoms with Crippen LogP contribution in [0.1, 0.15) is 11.1 Å². The topological polar surface area (TPSA) is 84.0 Å². The van der Waals surface area contributed by atoms with Gasteiger partial charge in [0.15, 0.2) is 0 Å². The van der Waals surface area contributed by atoms with Crippen LogP contribution in [-0.4, -0.2) is 18.2 Å². The lowest BCUT2D eigenvalue weighted by Crippen LogP contribution is -2.13. The Kier molecular flexibility index (Phi) is 5.40. The standard InChI is InChI=1S/C22H20ClN3O3S/c1-15-7-9-18(14-20(15)23)30(28,29)25-17-8-10-21-19(13-17)22(27)24-26(21)12-11-16-5-3-2-4-6-16/h2-10,13-14,25H,11-12H2,1H3,(H,24,27). The van der Waals surface area contributed by atoms with Crippen LogP contribution < -0.4 is 10.3 Å². The van der Waals surface area contributed by atoms with E-state index in [-0.39, 0.29) is 10.5 Å². The molecule has 154 valence electrons. The number of nitrogens with zero attached hydrogens (tertiary/aromatic N) is 1. The van der Waals surface area contributed by atoms with E-state index in [1.165, 1.54) is 17.7 Å². The molecule has 0 bridgehead atoms. The van der Waals surface area contributed by atoms with Gasteiger partial charge in [0.2, 0.25) is 0 Å². The summed E-state index contributed by atoms with van der Waals surface area (Å²) in [6.07, 6.45) is 0.767. The van der Waals surface area contributed by atoms with Crippen LogP contribution in [0.15, 0.2) is 76.4 Å². The number of aryl methyl sites for hydroxylation is 3. The molecule has 0 fully saturated rings. The summed E-state index contributed by atoms with van der Waals surface area (Å²) in [5.41, 5.74) is 2.72. The molecule has 0 saturated heterocycles. The van der Waals surface area contributed by atoms with E-state index in [4.69, 9.17) is 11.6 Å². The molecule has 0 atom stereocenters. The Hall–Kier alpha value is -3.03. The summed E-state index contributed by atoms with van der Waals surface area (Å²) in [6, 6.07) is 19.5. The number of H-pyrrole nitrogens is 1. The van der Waals surface area contributed by atoms with Gasteiger partial charge in [0, 0.05) is 17.3 Å². The number of hydrogen-bond acceptors (Lipinski definition) is 3. The lowest BCUT2D eigenvalue weighted by Gasteiger charge is -2.10. The van der Waals surface area contributed by atoms with Crippen LogP contribution in [0.3, 0.4) is 0 Å². The molecule has 2 N–H and O–H groups in total. The van der Waals surface area contributed by atoms with Crippen molar-refractivity contribution in [2.24, 2.45) is 0 Å². The number of nitrogens with one attached hydrogen (secondary N) is 2. The summed E-state index contributed by atoms with van der Waals surface area (Å²) in [5.74, 6) is 0. The Morgan fingerprint density at radius 1 is 1.03 bits per heavy atom. The molecule has 0 unspecified atom stereocenters. The highest BCUT2D eigenvalue weighted by Crippen LogP contribution is 2.23. The summed E-state index contributed by atoms with van der Waals surface area (Å²) < 4.78 is 29.7. The molecule has 30 heavy (non-hydrogen) atoms. The average molecular weight is 442 g/mol. The van der Waals surface area contributed by atoms with Gasteiger partial charge in [0.1, 0.15) is 0 Å². The molecule has 1 heterocycles. The van der Waals surface area contributed by atoms with Gasteiger partial charge in [-0.2, -0.15) is 0 Å². The first-order valence-corrected chi connectivity index (χ1v) is 11.2. The van der Waals surface area contributed by atoms with Crippen molar-refractivity contribution in [2.45, 2.75) is 24.8 Å². The number of fused-ring (bicyclic) bond motifs is 1. The number of aromatic nitrogens is 2. The van der Waals surface area contributed by atoms with Crippen LogP contribution in [0.4, 0.5) is 5.69 Å². The smallest absolute Gasteiger partial charge is 0.272 e. The van der Waals surface area contributed by atoms with Crippen molar-refractivity contribution in [3.8, 4) is 0 Å². The predicted octanol–water partition coefficient (Wildman–Crippen LogP) is 4.33. The van der Waals surface area contributed by atoms with Crippen LogP contribution in [-0.2, 0) is 23.0 Å². The minimum absolute atomic E-state index is 0.0625. The Morgan fingerprint density at radius 2 is 1.80 bits per heavy atom. The van der Waals surface area contributed by atoms with E-state index in [1.807, 2.05) is 30.3 Å². The number of halogens is 1. The van der Waals surface area contributed by atoms with Crippen LogP contribution in [0, 0.1) is 6.92 Å². The monoisotopic (exact) mass is 441 g/mol. The normalized spacial score (nSPS) is 11.7. The molecule has 0 spiro atoms. The summed E-state index contributed by atoms with van der Waals surface area (Å²) in [7, 11) is -3.83. The maximum Gasteiger partial charge on any atom is 0.272 e. The highest BCUT2D eigenvalue weighted by molar-refractivity contribution is 7.92. The molecule has 0 aliphatic rings. The van der Waals surface area contributed by atoms with Crippen LogP contribution >= 0.6 is 11.6 Å². The molecule has 8 heteroatoms. The highest BCUT2D eigenvalue weighted by atomic mass is 35.5. The van der Waals surface area contributed by atoms with E-state index >= 15 is 0 Å². The lowest BCUT2D eigenvalue weighted by atomic mass is 10.1. The second kappa shape index (κ2) is 8.01. The molecular weight excluding hydrogens is 422 g/mol. The molecule has 1 aromatic heterocycles. The van der Waals surface area contributed by atoms with Gasteiger partial charge in [-0.3, -0.25) is 19.3 Å². The third-order valence-electron chi connectivity index (χ3n) is 4.94. The molecule has 4 aromatic rings. The third-order valence-corrected chi connectivity index (χ3v) is 6.73. The first kappa shape index (κ1) is 20.3. The summed E-state index contributed by atoms with van der Waals surface area (Å²) in [4.78, 5) is 12.5. The Labute approximate surface area is 179 Å². The van der Waals surface area contributed by atoms with Gasteiger partial charge in [0.25, 0.3) is 15.6 Å². The second-order valence-corrected chi connectivity index (χ2v) is 9.17. The molecule has 0 amide bonds. The van der Waals surface area contributed by atoms with Crippen LogP contribution in [0.2, 0.25) is 5.02 Å². The van der Waals surface area contributed by atoms with Gasteiger partial charge in [-0.05, 0) is 54.8 Å². The molecule has 3 aromatic carbocycles. The first-order chi connectivity index (χ1) is 14.3. The second-order valence-electron chi connectivity index (χ2n) is 7.08. The van der Waals surface area contributed by atoms with Gasteiger partial charge in [-0.25, -0.2) is 8.42 Å². The summed E-state index contributed by atoms with van der Waals surface area (Å²) >= 11 is 6.06. The van der Waals surface area contributed by atoms with Gasteiger partial charge < -0.3 is 0 Å². The minimum Gasteiger partial charge on any atom is -0.284 e. The number of hydrogen-bond donors (Lipinski definition) is 2. The van der Waals surface area contributed by atoms with E-state index in [0.29, 0.717) is 22.6 Å². The SMILES string of the molecule is Cc1ccc(S(=O)(=O)Nc2ccc3c(c2)c(=O)[nH]n3CCc2ccccc2)cc1Cl. The summed E-state index contributed by atoms with van der Waals surface area (Å²) in [6.45, 7) is 2.41. The molecule has 0 aliphatic heterocycles. The fourth-order valence-corrected chi connectivity index (χ4v) is 4.60. The molecule has 0 saturated carbocycles. The number of benzene rings is 3. The van der Waals surface area contributed by atoms with Crippen molar-refractivity contribution >= 4 is 38.2 Å². The zero-order valence-corrected chi connectivity index (χ0v) is 17.8. The number of anilines is 1. The maximum atomic E-state index is 12.7. The summed E-state index contributed by atoms with van der Waals surface area (Å²) in [5, 5.41) is 3.62. The van der Waals surface area contributed by atoms with Crippen LogP contribution in [0.5, 0.6) is 0 Å². The molecular formula is C22H20ClN3O3S. The van der Waals surface area contributed by atoms with Gasteiger partial charge in [-0.1, -0.05) is 48.0 Å². The van der Waals surface area contributed by atoms with Gasteiger partial charge in [0.05, 0.1) is 15.8 Å². The van der Waals surface area contributed by atoms with Crippen LogP contribution in [0.25, 0.3) is 10.9 Å². The van der Waals surface area contributed by atoms with Crippen molar-refractivity contribution in [1.29, 1.82) is 0 Å². The van der Waals surface area contributed by atoms with E-state index in [9.17, 15) is 13.2 Å². The number of sulfonamides is 1. The number of rotatable bonds is 6. The highest BCUT2D eigenvalue weighted by Gasteiger charge is 2.16. The van der Waals surface area contributed by atoms with Gasteiger partial charge >= 0.3 is 0 Å². The number of aromatic amines is 1. The maximum absolute atomic E-state index is 12.7. The fraction of sp³-hybridized carbons (Fsp3) is 0.136. The van der Waals surface area contributed by atoms with E-state index in [2.05, 4.69) is 9.82 Å². The zero-order chi connectivity index (χ0) is 21.3. The largest absolute Gasteiger partial charge is 0.284 e. The van der Waals surface area contributed by atoms with Crippen molar-refractivity contribution < 1.29 is 8.42 Å². The van der Waals surface area contributed by atoms with Crippen molar-refractivity contribution in [2.75, 3.05) is 4.72 Å². The van der Waals surface area contributed by atoms with Crippen molar-refractivity contribution in [1.82, 2.24) is 9.78 Å². The predicted molar refractivity (Wildman–Crippen MR) is 120 cm³/mol. The quantitative estimate of drug-likeness (QED) is 0.467. The van der Waals surface area contributed by atoms with Gasteiger partial charge in [-0.15, -0.1) is 0 Å². The molecule has 6 nitrogen and oxygen atoms in total. The minimum atomic E-state index is -3.83. The molecule has 0 radical (unpaired) electrons. The van der Waals surface area contributed by atoms with E-state index < -0.39 is 10.0 Å². The Balaban J connectivity index is 1.60. The Bertz CT molecular complexity index is 1380. The average Bonchev–Trinajstić information content (AvgIpc) is 3.04. The van der Waals surface area contributed by atoms with E-state index in [1.54, 1.807) is 35.9 Å². The first-order valence-electron chi connectivity index (χ1n) is 9.39. The fourth-order valence-electron chi connectivity index (χ4n) is 3.28. The van der Waals surface area contributed by atoms with Crippen molar-refractivity contribution in [3.05, 3.63) is 93.2 Å². The zero-order valence-electron chi connectivity index (χ0n) is 16.2. The molecule has 0 aliphatic carbocycles. The Morgan fingerprint density at radius 3 is 2.53 bits per heavy atom. The van der Waals surface area contributed by atoms with Crippen molar-refractivity contribution in [3.63, 3.8) is 0 Å². The third kappa shape index (κ3) is 4.13.